The normalized spacial score (nSPS) is 26.2. The molecule has 0 spiro atoms. The van der Waals surface area contributed by atoms with E-state index in [1.165, 1.54) is 25.3 Å². The van der Waals surface area contributed by atoms with Crippen LogP contribution in [-0.2, 0) is 14.3 Å². The van der Waals surface area contributed by atoms with E-state index in [-0.39, 0.29) is 17.8 Å². The molecule has 1 aromatic carbocycles. The van der Waals surface area contributed by atoms with Crippen LogP contribution < -0.4 is 10.2 Å². The molecule has 1 N–H and O–H groups in total. The number of fused-ring (bicyclic) bond motifs is 1. The summed E-state index contributed by atoms with van der Waals surface area (Å²) in [5, 5.41) is 8.32. The van der Waals surface area contributed by atoms with Gasteiger partial charge in [-0.25, -0.2) is 4.39 Å². The monoisotopic (exact) mass is 488 g/mol. The molecule has 2 saturated heterocycles. The van der Waals surface area contributed by atoms with Crippen molar-refractivity contribution in [3.63, 3.8) is 0 Å². The highest BCUT2D eigenvalue weighted by molar-refractivity contribution is 5.89. The van der Waals surface area contributed by atoms with Crippen LogP contribution in [0.3, 0.4) is 0 Å². The van der Waals surface area contributed by atoms with E-state index in [1.807, 2.05) is 6.07 Å². The maximum atomic E-state index is 13.8. The summed E-state index contributed by atoms with van der Waals surface area (Å²) in [4.78, 5) is 17.1. The van der Waals surface area contributed by atoms with Crippen molar-refractivity contribution in [2.75, 3.05) is 57.4 Å². The fourth-order valence-corrected chi connectivity index (χ4v) is 5.57. The zero-order valence-electron chi connectivity index (χ0n) is 20.6. The zero-order chi connectivity index (χ0) is 24.2. The Hall–Kier alpha value is -2.23. The Balaban J connectivity index is 1.00. The van der Waals surface area contributed by atoms with E-state index >= 15 is 0 Å². The second kappa shape index (κ2) is 11.2. The van der Waals surface area contributed by atoms with Crippen LogP contribution in [0, 0.1) is 18.7 Å². The van der Waals surface area contributed by atoms with Gasteiger partial charge in [0.1, 0.15) is 5.82 Å². The number of hydrogen-bond acceptors (Lipinski definition) is 7. The zero-order valence-corrected chi connectivity index (χ0v) is 20.6. The summed E-state index contributed by atoms with van der Waals surface area (Å²) in [6.45, 7) is 8.38. The van der Waals surface area contributed by atoms with E-state index in [1.54, 1.807) is 6.92 Å². The van der Waals surface area contributed by atoms with Crippen molar-refractivity contribution in [3.05, 3.63) is 23.5 Å². The molecular formula is C26H37FN4O4. The lowest BCUT2D eigenvalue weighted by molar-refractivity contribution is -0.132. The fraction of sp³-hybridized carbons (Fsp3) is 0.692. The number of benzene rings is 1. The molecule has 1 aliphatic carbocycles. The molecule has 1 amide bonds. The number of carbonyl (C=O) groups excluding carboxylic acids is 1. The first-order valence-corrected chi connectivity index (χ1v) is 13.1. The minimum absolute atomic E-state index is 0.0852. The molecule has 0 radical (unpaired) electrons. The topological polar surface area (TPSA) is 80.1 Å². The molecule has 2 aliphatic heterocycles. The van der Waals surface area contributed by atoms with Crippen LogP contribution in [0.15, 0.2) is 16.7 Å². The molecule has 3 heterocycles. The first-order valence-electron chi connectivity index (χ1n) is 13.1. The van der Waals surface area contributed by atoms with Crippen molar-refractivity contribution in [3.8, 4) is 0 Å². The number of rotatable bonds is 7. The second-order valence-corrected chi connectivity index (χ2v) is 10.3. The van der Waals surface area contributed by atoms with Gasteiger partial charge in [-0.15, -0.1) is 0 Å². The van der Waals surface area contributed by atoms with Crippen molar-refractivity contribution in [2.45, 2.75) is 57.6 Å². The van der Waals surface area contributed by atoms with Gasteiger partial charge in [-0.3, -0.25) is 9.69 Å². The number of aryl methyl sites for hydroxylation is 1. The average Bonchev–Trinajstić information content (AvgIpc) is 3.27. The highest BCUT2D eigenvalue weighted by Gasteiger charge is 2.26. The SMILES string of the molecule is Cc1cc2c(N3CCN(CCC4CCC(NC(=O)C[C@H]5COCCO5)CC4)CC3)noc2cc1F. The second-order valence-electron chi connectivity index (χ2n) is 10.3. The molecule has 1 saturated carbocycles. The van der Waals surface area contributed by atoms with Gasteiger partial charge in [0.05, 0.1) is 37.7 Å². The van der Waals surface area contributed by atoms with Gasteiger partial charge >= 0.3 is 0 Å². The summed E-state index contributed by atoms with van der Waals surface area (Å²) in [5.41, 5.74) is 1.12. The van der Waals surface area contributed by atoms with Crippen LogP contribution in [-0.4, -0.2) is 80.7 Å². The predicted octanol–water partition coefficient (Wildman–Crippen LogP) is 3.27. The molecule has 9 heteroatoms. The van der Waals surface area contributed by atoms with E-state index in [4.69, 9.17) is 14.0 Å². The molecule has 0 bridgehead atoms. The number of amides is 1. The minimum Gasteiger partial charge on any atom is -0.376 e. The van der Waals surface area contributed by atoms with E-state index in [0.717, 1.165) is 62.7 Å². The Morgan fingerprint density at radius 3 is 2.69 bits per heavy atom. The highest BCUT2D eigenvalue weighted by atomic mass is 19.1. The number of carbonyl (C=O) groups is 1. The third kappa shape index (κ3) is 6.13. The van der Waals surface area contributed by atoms with Crippen LogP contribution >= 0.6 is 0 Å². The van der Waals surface area contributed by atoms with Crippen molar-refractivity contribution >= 4 is 22.7 Å². The van der Waals surface area contributed by atoms with Crippen LogP contribution in [0.5, 0.6) is 0 Å². The van der Waals surface area contributed by atoms with Crippen LogP contribution in [0.4, 0.5) is 10.2 Å². The summed E-state index contributed by atoms with van der Waals surface area (Å²) >= 11 is 0. The van der Waals surface area contributed by atoms with Gasteiger partial charge in [-0.05, 0) is 63.1 Å². The third-order valence-electron chi connectivity index (χ3n) is 7.77. The molecule has 192 valence electrons. The Labute approximate surface area is 206 Å². The largest absolute Gasteiger partial charge is 0.376 e. The number of anilines is 1. The van der Waals surface area contributed by atoms with Gasteiger partial charge in [0, 0.05) is 38.3 Å². The molecule has 1 aromatic heterocycles. The first kappa shape index (κ1) is 24.5. The summed E-state index contributed by atoms with van der Waals surface area (Å²) in [6, 6.07) is 3.55. The highest BCUT2D eigenvalue weighted by Crippen LogP contribution is 2.30. The standard InChI is InChI=1S/C26H37FN4O4/c1-18-14-22-24(16-23(18)27)35-29-26(22)31-10-8-30(9-11-31)7-6-19-2-4-20(5-3-19)28-25(32)15-21-17-33-12-13-34-21/h14,16,19-21H,2-13,15,17H2,1H3,(H,28,32)/t19?,20?,21-/m0/s1. The van der Waals surface area contributed by atoms with Gasteiger partial charge in [0.15, 0.2) is 11.4 Å². The number of piperazine rings is 1. The molecule has 3 aliphatic rings. The Bertz CT molecular complexity index is 993. The van der Waals surface area contributed by atoms with Gasteiger partial charge in [0.25, 0.3) is 0 Å². The Morgan fingerprint density at radius 2 is 1.94 bits per heavy atom. The molecule has 35 heavy (non-hydrogen) atoms. The number of halogens is 1. The van der Waals surface area contributed by atoms with Crippen LogP contribution in [0.25, 0.3) is 11.0 Å². The predicted molar refractivity (Wildman–Crippen MR) is 131 cm³/mol. The number of hydrogen-bond donors (Lipinski definition) is 1. The Morgan fingerprint density at radius 1 is 1.14 bits per heavy atom. The summed E-state index contributed by atoms with van der Waals surface area (Å²) in [7, 11) is 0. The summed E-state index contributed by atoms with van der Waals surface area (Å²) in [5.74, 6) is 1.38. The van der Waals surface area contributed by atoms with Gasteiger partial charge in [-0.2, -0.15) is 0 Å². The lowest BCUT2D eigenvalue weighted by Gasteiger charge is -2.36. The van der Waals surface area contributed by atoms with Crippen molar-refractivity contribution in [2.24, 2.45) is 5.92 Å². The molecule has 5 rings (SSSR count). The van der Waals surface area contributed by atoms with Gasteiger partial charge < -0.3 is 24.2 Å². The smallest absolute Gasteiger partial charge is 0.222 e. The lowest BCUT2D eigenvalue weighted by atomic mass is 9.84. The molecule has 2 aromatic rings. The van der Waals surface area contributed by atoms with Crippen molar-refractivity contribution in [1.29, 1.82) is 0 Å². The number of nitrogens with zero attached hydrogens (tertiary/aromatic N) is 3. The quantitative estimate of drug-likeness (QED) is 0.641. The average molecular weight is 489 g/mol. The van der Waals surface area contributed by atoms with Crippen LogP contribution in [0.1, 0.15) is 44.1 Å². The molecule has 1 atom stereocenters. The van der Waals surface area contributed by atoms with Crippen molar-refractivity contribution in [1.82, 2.24) is 15.4 Å². The van der Waals surface area contributed by atoms with Crippen LogP contribution in [0.2, 0.25) is 0 Å². The van der Waals surface area contributed by atoms with Gasteiger partial charge in [-0.1, -0.05) is 5.16 Å². The number of ether oxygens (including phenoxy) is 2. The summed E-state index contributed by atoms with van der Waals surface area (Å²) < 4.78 is 30.2. The number of aromatic nitrogens is 1. The van der Waals surface area contributed by atoms with Gasteiger partial charge in [0.2, 0.25) is 5.91 Å². The molecule has 0 unspecified atom stereocenters. The third-order valence-corrected chi connectivity index (χ3v) is 7.77. The molecular weight excluding hydrogens is 451 g/mol. The number of nitrogens with one attached hydrogen (secondary N) is 1. The molecule has 8 nitrogen and oxygen atoms in total. The van der Waals surface area contributed by atoms with E-state index in [2.05, 4.69) is 20.3 Å². The maximum absolute atomic E-state index is 13.8. The summed E-state index contributed by atoms with van der Waals surface area (Å²) in [6.07, 6.45) is 5.97. The first-order chi connectivity index (χ1) is 17.0. The van der Waals surface area contributed by atoms with E-state index < -0.39 is 0 Å². The maximum Gasteiger partial charge on any atom is 0.222 e. The minimum atomic E-state index is -0.259. The lowest BCUT2D eigenvalue weighted by Crippen LogP contribution is -2.47. The van der Waals surface area contributed by atoms with Crippen molar-refractivity contribution < 1.29 is 23.2 Å². The Kier molecular flexibility index (Phi) is 7.84. The molecule has 3 fully saturated rings. The fourth-order valence-electron chi connectivity index (χ4n) is 5.57. The van der Waals surface area contributed by atoms with E-state index in [9.17, 15) is 9.18 Å². The van der Waals surface area contributed by atoms with E-state index in [0.29, 0.717) is 43.4 Å².